The Balaban J connectivity index is 1.69. The van der Waals surface area contributed by atoms with E-state index in [9.17, 15) is 14.7 Å². The van der Waals surface area contributed by atoms with Crippen molar-refractivity contribution >= 4 is 11.9 Å². The van der Waals surface area contributed by atoms with E-state index in [-0.39, 0.29) is 23.7 Å². The summed E-state index contributed by atoms with van der Waals surface area (Å²) >= 11 is 0. The average Bonchev–Trinajstić information content (AvgIpc) is 3.40. The summed E-state index contributed by atoms with van der Waals surface area (Å²) < 4.78 is 28.7. The highest BCUT2D eigenvalue weighted by atomic mass is 16.5. The molecule has 0 saturated carbocycles. The van der Waals surface area contributed by atoms with Crippen LogP contribution < -0.4 is 29.6 Å². The maximum atomic E-state index is 14.0. The molecule has 1 amide bonds. The standard InChI is InChI=1S/C32H30N2O8/c1-5-41-25(35)17-24-33-29-26(30(36)34-24)27(18-9-7-6-8-10-18)32(19-11-13-20(38-2)14-12-19)31(29,37)28-22(40-4)15-21(39-3)16-23(28)42-32/h6-17,27,33,37H,5H2,1-4H3,(H,34,36)/t27-,31+,32+/m1/s1. The SMILES string of the molecule is CCOC(=O)C=C1NC(=O)C2=C(N1)[C@@]1(O)c3c(OC)cc(OC)cc3O[C@@]1(c1ccc(OC)cc1)[C@@H]2c1ccccc1. The molecule has 2 heterocycles. The lowest BCUT2D eigenvalue weighted by atomic mass is 9.69. The molecule has 3 N–H and O–H groups in total. The fourth-order valence-electron chi connectivity index (χ4n) is 6.29. The molecular formula is C32H30N2O8. The lowest BCUT2D eigenvalue weighted by molar-refractivity contribution is -0.137. The van der Waals surface area contributed by atoms with Gasteiger partial charge in [0, 0.05) is 17.7 Å². The molecule has 1 aliphatic carbocycles. The number of esters is 1. The summed E-state index contributed by atoms with van der Waals surface area (Å²) in [4.78, 5) is 26.4. The van der Waals surface area contributed by atoms with Gasteiger partial charge >= 0.3 is 5.97 Å². The minimum absolute atomic E-state index is 0.0592. The Bertz CT molecular complexity index is 1630. The summed E-state index contributed by atoms with van der Waals surface area (Å²) in [7, 11) is 4.58. The van der Waals surface area contributed by atoms with Gasteiger partial charge in [-0.2, -0.15) is 0 Å². The summed E-state index contributed by atoms with van der Waals surface area (Å²) in [6.07, 6.45) is 1.14. The molecule has 3 aliphatic rings. The average molecular weight is 571 g/mol. The van der Waals surface area contributed by atoms with Crippen LogP contribution in [0.2, 0.25) is 0 Å². The van der Waals surface area contributed by atoms with Crippen molar-refractivity contribution in [2.75, 3.05) is 27.9 Å². The number of aliphatic hydroxyl groups is 1. The third kappa shape index (κ3) is 3.75. The van der Waals surface area contributed by atoms with Crippen molar-refractivity contribution in [2.24, 2.45) is 0 Å². The van der Waals surface area contributed by atoms with E-state index < -0.39 is 29.0 Å². The molecule has 0 spiro atoms. The number of carbonyl (C=O) groups is 2. The first-order valence-electron chi connectivity index (χ1n) is 13.4. The van der Waals surface area contributed by atoms with Crippen LogP contribution in [0.1, 0.15) is 29.5 Å². The van der Waals surface area contributed by atoms with Gasteiger partial charge in [-0.3, -0.25) is 4.79 Å². The van der Waals surface area contributed by atoms with Crippen LogP contribution in [0, 0.1) is 0 Å². The van der Waals surface area contributed by atoms with E-state index in [1.807, 2.05) is 30.3 Å². The Labute approximate surface area is 242 Å². The third-order valence-electron chi connectivity index (χ3n) is 7.94. The summed E-state index contributed by atoms with van der Waals surface area (Å²) in [5.74, 6) is -0.220. The fraction of sp³-hybridized carbons (Fsp3) is 0.250. The van der Waals surface area contributed by atoms with Crippen LogP contribution in [-0.2, 0) is 25.5 Å². The van der Waals surface area contributed by atoms with Gasteiger partial charge in [0.15, 0.2) is 11.2 Å². The molecule has 0 fully saturated rings. The smallest absolute Gasteiger partial charge is 0.334 e. The zero-order valence-corrected chi connectivity index (χ0v) is 23.5. The number of hydrogen-bond acceptors (Lipinski definition) is 9. The highest BCUT2D eigenvalue weighted by molar-refractivity contribution is 6.01. The van der Waals surface area contributed by atoms with E-state index in [4.69, 9.17) is 23.7 Å². The van der Waals surface area contributed by atoms with Crippen molar-refractivity contribution in [3.8, 4) is 23.0 Å². The predicted molar refractivity (Wildman–Crippen MR) is 151 cm³/mol. The van der Waals surface area contributed by atoms with Crippen molar-refractivity contribution in [1.82, 2.24) is 10.6 Å². The highest BCUT2D eigenvalue weighted by Gasteiger charge is 2.74. The van der Waals surface area contributed by atoms with Crippen molar-refractivity contribution in [1.29, 1.82) is 0 Å². The molecule has 10 heteroatoms. The summed E-state index contributed by atoms with van der Waals surface area (Å²) in [5, 5.41) is 19.2. The summed E-state index contributed by atoms with van der Waals surface area (Å²) in [6, 6.07) is 19.8. The Morgan fingerprint density at radius 3 is 2.33 bits per heavy atom. The second kappa shape index (κ2) is 10.1. The maximum absolute atomic E-state index is 14.0. The fourth-order valence-corrected chi connectivity index (χ4v) is 6.29. The van der Waals surface area contributed by atoms with Crippen molar-refractivity contribution in [3.05, 3.63) is 107 Å². The van der Waals surface area contributed by atoms with Crippen LogP contribution in [0.15, 0.2) is 89.9 Å². The monoisotopic (exact) mass is 570 g/mol. The first kappa shape index (κ1) is 27.2. The number of nitrogens with one attached hydrogen (secondary N) is 2. The van der Waals surface area contributed by atoms with Crippen molar-refractivity contribution < 1.29 is 38.4 Å². The molecule has 0 bridgehead atoms. The van der Waals surface area contributed by atoms with Crippen LogP contribution in [0.3, 0.4) is 0 Å². The van der Waals surface area contributed by atoms with E-state index in [2.05, 4.69) is 10.6 Å². The molecule has 0 unspecified atom stereocenters. The Hall–Kier alpha value is -4.96. The normalized spacial score (nSPS) is 24.5. The van der Waals surface area contributed by atoms with Crippen LogP contribution >= 0.6 is 0 Å². The van der Waals surface area contributed by atoms with Crippen LogP contribution in [0.25, 0.3) is 0 Å². The molecule has 0 aromatic heterocycles. The second-order valence-corrected chi connectivity index (χ2v) is 10.0. The molecule has 216 valence electrons. The van der Waals surface area contributed by atoms with Gasteiger partial charge in [-0.25, -0.2) is 4.79 Å². The molecule has 0 saturated heterocycles. The number of ether oxygens (including phenoxy) is 5. The zero-order chi connectivity index (χ0) is 29.6. The quantitative estimate of drug-likeness (QED) is 0.290. The Morgan fingerprint density at radius 1 is 0.976 bits per heavy atom. The number of fused-ring (bicyclic) bond motifs is 4. The van der Waals surface area contributed by atoms with Gasteiger partial charge in [-0.1, -0.05) is 42.5 Å². The molecule has 6 rings (SSSR count). The number of rotatable bonds is 7. The molecule has 10 nitrogen and oxygen atoms in total. The summed E-state index contributed by atoms with van der Waals surface area (Å²) in [6.45, 7) is 1.84. The largest absolute Gasteiger partial charge is 0.497 e. The molecule has 0 radical (unpaired) electrons. The summed E-state index contributed by atoms with van der Waals surface area (Å²) in [5.41, 5.74) is -1.57. The first-order valence-corrected chi connectivity index (χ1v) is 13.4. The maximum Gasteiger partial charge on any atom is 0.334 e. The van der Waals surface area contributed by atoms with E-state index in [0.717, 1.165) is 11.6 Å². The molecule has 3 aromatic rings. The molecule has 3 aromatic carbocycles. The van der Waals surface area contributed by atoms with Gasteiger partial charge in [-0.15, -0.1) is 0 Å². The lowest BCUT2D eigenvalue weighted by Gasteiger charge is -2.41. The number of methoxy groups -OCH3 is 3. The lowest BCUT2D eigenvalue weighted by Crippen LogP contribution is -2.52. The number of amides is 1. The van der Waals surface area contributed by atoms with Crippen molar-refractivity contribution in [2.45, 2.75) is 24.0 Å². The third-order valence-corrected chi connectivity index (χ3v) is 7.94. The Kier molecular flexibility index (Phi) is 6.58. The molecule has 3 atom stereocenters. The topological polar surface area (TPSA) is 125 Å². The van der Waals surface area contributed by atoms with Gasteiger partial charge in [0.2, 0.25) is 0 Å². The minimum atomic E-state index is -2.00. The van der Waals surface area contributed by atoms with Gasteiger partial charge in [0.05, 0.1) is 56.8 Å². The predicted octanol–water partition coefficient (Wildman–Crippen LogP) is 3.36. The first-order chi connectivity index (χ1) is 20.3. The zero-order valence-electron chi connectivity index (χ0n) is 23.5. The molecule has 42 heavy (non-hydrogen) atoms. The second-order valence-electron chi connectivity index (χ2n) is 10.0. The number of hydrogen-bond donors (Lipinski definition) is 3. The van der Waals surface area contributed by atoms with Gasteiger partial charge < -0.3 is 39.4 Å². The van der Waals surface area contributed by atoms with Gasteiger partial charge in [-0.05, 0) is 24.6 Å². The van der Waals surface area contributed by atoms with Gasteiger partial charge in [0.1, 0.15) is 28.8 Å². The minimum Gasteiger partial charge on any atom is -0.497 e. The molecule has 2 aliphatic heterocycles. The van der Waals surface area contributed by atoms with E-state index in [1.165, 1.54) is 14.2 Å². The van der Waals surface area contributed by atoms with E-state index >= 15 is 0 Å². The van der Waals surface area contributed by atoms with Crippen molar-refractivity contribution in [3.63, 3.8) is 0 Å². The van der Waals surface area contributed by atoms with E-state index in [1.54, 1.807) is 50.4 Å². The Morgan fingerprint density at radius 2 is 1.69 bits per heavy atom. The van der Waals surface area contributed by atoms with Crippen LogP contribution in [0.4, 0.5) is 0 Å². The van der Waals surface area contributed by atoms with E-state index in [0.29, 0.717) is 34.1 Å². The number of carbonyl (C=O) groups excluding carboxylic acids is 2. The van der Waals surface area contributed by atoms with Gasteiger partial charge in [0.25, 0.3) is 5.91 Å². The van der Waals surface area contributed by atoms with Crippen LogP contribution in [-0.4, -0.2) is 44.9 Å². The highest BCUT2D eigenvalue weighted by Crippen LogP contribution is 2.70. The number of benzene rings is 3. The van der Waals surface area contributed by atoms with Crippen LogP contribution in [0.5, 0.6) is 23.0 Å². The molecular weight excluding hydrogens is 540 g/mol.